The van der Waals surface area contributed by atoms with Gasteiger partial charge in [0, 0.05) is 11.5 Å². The molecule has 0 radical (unpaired) electrons. The Morgan fingerprint density at radius 1 is 1.53 bits per heavy atom. The molecule has 0 bridgehead atoms. The van der Waals surface area contributed by atoms with Gasteiger partial charge in [0.05, 0.1) is 10.2 Å². The highest BCUT2D eigenvalue weighted by molar-refractivity contribution is 7.98. The third kappa shape index (κ3) is 3.18. The summed E-state index contributed by atoms with van der Waals surface area (Å²) in [7, 11) is 0. The number of fused-ring (bicyclic) bond motifs is 1. The first-order chi connectivity index (χ1) is 8.16. The second-order valence-corrected chi connectivity index (χ2v) is 5.68. The zero-order valence-electron chi connectivity index (χ0n) is 9.00. The highest BCUT2D eigenvalue weighted by Gasteiger charge is 2.11. The van der Waals surface area contributed by atoms with E-state index in [1.54, 1.807) is 11.3 Å². The van der Waals surface area contributed by atoms with Crippen LogP contribution in [-0.4, -0.2) is 27.9 Å². The molecular weight excluding hydrogens is 256 g/mol. The first-order valence-electron chi connectivity index (χ1n) is 5.07. The van der Waals surface area contributed by atoms with Crippen molar-refractivity contribution in [3.63, 3.8) is 0 Å². The monoisotopic (exact) mass is 268 g/mol. The average molecular weight is 268 g/mol. The molecule has 2 aromatic rings. The summed E-state index contributed by atoms with van der Waals surface area (Å²) in [6.45, 7) is 0. The summed E-state index contributed by atoms with van der Waals surface area (Å²) in [5, 5.41) is 9.65. The third-order valence-electron chi connectivity index (χ3n) is 2.18. The minimum Gasteiger partial charge on any atom is -0.480 e. The molecule has 0 unspecified atom stereocenters. The van der Waals surface area contributed by atoms with Crippen molar-refractivity contribution in [1.29, 1.82) is 0 Å². The van der Waals surface area contributed by atoms with E-state index in [4.69, 9.17) is 10.8 Å². The van der Waals surface area contributed by atoms with E-state index in [-0.39, 0.29) is 0 Å². The van der Waals surface area contributed by atoms with Crippen LogP contribution in [0.3, 0.4) is 0 Å². The summed E-state index contributed by atoms with van der Waals surface area (Å²) in [5.74, 6) is 0.160. The lowest BCUT2D eigenvalue weighted by atomic mass is 10.3. The van der Waals surface area contributed by atoms with E-state index in [0.29, 0.717) is 11.5 Å². The molecule has 1 atom stereocenters. The van der Waals surface area contributed by atoms with Gasteiger partial charge in [-0.05, 0) is 12.1 Å². The minimum absolute atomic E-state index is 0.408. The van der Waals surface area contributed by atoms with Crippen LogP contribution in [0.2, 0.25) is 0 Å². The minimum atomic E-state index is -0.957. The third-order valence-corrected chi connectivity index (χ3v) is 4.47. The first-order valence-corrected chi connectivity index (χ1v) is 7.04. The number of carboxylic acid groups (broad SMARTS) is 1. The number of aliphatic carboxylic acids is 1. The van der Waals surface area contributed by atoms with E-state index in [2.05, 4.69) is 4.98 Å². The van der Waals surface area contributed by atoms with Crippen LogP contribution in [0.25, 0.3) is 10.2 Å². The van der Waals surface area contributed by atoms with Crippen molar-refractivity contribution in [3.05, 3.63) is 29.3 Å². The maximum Gasteiger partial charge on any atom is 0.321 e. The topological polar surface area (TPSA) is 76.2 Å². The fraction of sp³-hybridized carbons (Fsp3) is 0.273. The Morgan fingerprint density at radius 2 is 2.29 bits per heavy atom. The van der Waals surface area contributed by atoms with Gasteiger partial charge >= 0.3 is 5.97 Å². The van der Waals surface area contributed by atoms with Gasteiger partial charge in [-0.2, -0.15) is 11.8 Å². The van der Waals surface area contributed by atoms with Gasteiger partial charge in [-0.15, -0.1) is 11.3 Å². The van der Waals surface area contributed by atoms with Crippen molar-refractivity contribution >= 4 is 39.3 Å². The molecular formula is C11H12N2O2S2. The molecule has 1 heterocycles. The number of carbonyl (C=O) groups is 1. The number of benzene rings is 1. The average Bonchev–Trinajstić information content (AvgIpc) is 2.71. The van der Waals surface area contributed by atoms with Crippen LogP contribution in [-0.2, 0) is 10.5 Å². The van der Waals surface area contributed by atoms with E-state index in [1.165, 1.54) is 11.8 Å². The number of carboxylic acids is 1. The molecule has 90 valence electrons. The molecule has 0 aliphatic carbocycles. The van der Waals surface area contributed by atoms with Crippen molar-refractivity contribution in [3.8, 4) is 0 Å². The summed E-state index contributed by atoms with van der Waals surface area (Å²) < 4.78 is 1.16. The highest BCUT2D eigenvalue weighted by atomic mass is 32.2. The summed E-state index contributed by atoms with van der Waals surface area (Å²) in [6, 6.07) is 7.15. The molecule has 2 rings (SSSR count). The molecule has 0 fully saturated rings. The fourth-order valence-electron chi connectivity index (χ4n) is 1.33. The number of nitrogens with zero attached hydrogens (tertiary/aromatic N) is 1. The Kier molecular flexibility index (Phi) is 3.98. The zero-order valence-corrected chi connectivity index (χ0v) is 10.6. The van der Waals surface area contributed by atoms with Crippen LogP contribution in [0.5, 0.6) is 0 Å². The Morgan fingerprint density at radius 3 is 3.00 bits per heavy atom. The second-order valence-electron chi connectivity index (χ2n) is 3.54. The van der Waals surface area contributed by atoms with E-state index in [9.17, 15) is 4.79 Å². The van der Waals surface area contributed by atoms with Gasteiger partial charge in [-0.25, -0.2) is 4.98 Å². The molecule has 6 heteroatoms. The molecule has 0 saturated heterocycles. The molecule has 1 aromatic heterocycles. The molecule has 0 spiro atoms. The van der Waals surface area contributed by atoms with Crippen molar-refractivity contribution in [2.45, 2.75) is 11.8 Å². The number of para-hydroxylation sites is 1. The zero-order chi connectivity index (χ0) is 12.3. The Balaban J connectivity index is 1.93. The lowest BCUT2D eigenvalue weighted by molar-refractivity contribution is -0.137. The van der Waals surface area contributed by atoms with E-state index >= 15 is 0 Å². The van der Waals surface area contributed by atoms with Crippen molar-refractivity contribution in [2.24, 2.45) is 5.73 Å². The van der Waals surface area contributed by atoms with Gasteiger partial charge < -0.3 is 10.8 Å². The predicted molar refractivity (Wildman–Crippen MR) is 71.4 cm³/mol. The highest BCUT2D eigenvalue weighted by Crippen LogP contribution is 2.24. The first kappa shape index (κ1) is 12.3. The number of thiazole rings is 1. The Labute approximate surface area is 107 Å². The number of hydrogen-bond acceptors (Lipinski definition) is 5. The van der Waals surface area contributed by atoms with Crippen LogP contribution in [0, 0.1) is 0 Å². The number of rotatable bonds is 5. The largest absolute Gasteiger partial charge is 0.480 e. The van der Waals surface area contributed by atoms with Crippen molar-refractivity contribution in [1.82, 2.24) is 4.98 Å². The smallest absolute Gasteiger partial charge is 0.321 e. The standard InChI is InChI=1S/C11H12N2O2S2/c12-7(11(14)15)5-16-6-10-13-8-3-1-2-4-9(8)17-10/h1-4,7H,5-6,12H2,(H,14,15)/t7-/m1/s1. The normalized spacial score (nSPS) is 12.8. The van der Waals surface area contributed by atoms with Gasteiger partial charge in [0.25, 0.3) is 0 Å². The van der Waals surface area contributed by atoms with Gasteiger partial charge in [-0.1, -0.05) is 12.1 Å². The van der Waals surface area contributed by atoms with Crippen LogP contribution >= 0.6 is 23.1 Å². The quantitative estimate of drug-likeness (QED) is 0.866. The van der Waals surface area contributed by atoms with Gasteiger partial charge in [0.1, 0.15) is 11.0 Å². The number of nitrogens with two attached hydrogens (primary N) is 1. The number of hydrogen-bond donors (Lipinski definition) is 2. The molecule has 0 amide bonds. The molecule has 0 saturated carbocycles. The summed E-state index contributed by atoms with van der Waals surface area (Å²) in [5.41, 5.74) is 6.41. The molecule has 3 N–H and O–H groups in total. The van der Waals surface area contributed by atoms with Crippen LogP contribution in [0.4, 0.5) is 0 Å². The summed E-state index contributed by atoms with van der Waals surface area (Å²) >= 11 is 3.14. The van der Waals surface area contributed by atoms with Crippen LogP contribution < -0.4 is 5.73 Å². The van der Waals surface area contributed by atoms with E-state index in [1.807, 2.05) is 24.3 Å². The number of thioether (sulfide) groups is 1. The maximum absolute atomic E-state index is 10.5. The Hall–Kier alpha value is -1.11. The molecule has 17 heavy (non-hydrogen) atoms. The maximum atomic E-state index is 10.5. The molecule has 1 aromatic carbocycles. The number of aromatic nitrogens is 1. The van der Waals surface area contributed by atoms with Crippen molar-refractivity contribution < 1.29 is 9.90 Å². The molecule has 4 nitrogen and oxygen atoms in total. The molecule has 0 aliphatic rings. The fourth-order valence-corrected chi connectivity index (χ4v) is 3.33. The van der Waals surface area contributed by atoms with E-state index < -0.39 is 12.0 Å². The van der Waals surface area contributed by atoms with Gasteiger partial charge in [-0.3, -0.25) is 4.79 Å². The van der Waals surface area contributed by atoms with Gasteiger partial charge in [0.15, 0.2) is 0 Å². The lowest BCUT2D eigenvalue weighted by Crippen LogP contribution is -2.32. The van der Waals surface area contributed by atoms with E-state index in [0.717, 1.165) is 15.2 Å². The lowest BCUT2D eigenvalue weighted by Gasteiger charge is -2.03. The van der Waals surface area contributed by atoms with Crippen LogP contribution in [0.15, 0.2) is 24.3 Å². The predicted octanol–water partition coefficient (Wildman–Crippen LogP) is 1.94. The van der Waals surface area contributed by atoms with Gasteiger partial charge in [0.2, 0.25) is 0 Å². The van der Waals surface area contributed by atoms with Crippen molar-refractivity contribution in [2.75, 3.05) is 5.75 Å². The Bertz CT molecular complexity index is 494. The second kappa shape index (κ2) is 5.48. The summed E-state index contributed by atoms with van der Waals surface area (Å²) in [4.78, 5) is 15.0. The molecule has 0 aliphatic heterocycles. The summed E-state index contributed by atoms with van der Waals surface area (Å²) in [6.07, 6.45) is 0. The SMILES string of the molecule is N[C@H](CSCc1nc2ccccc2s1)C(=O)O. The van der Waals surface area contributed by atoms with Crippen LogP contribution in [0.1, 0.15) is 5.01 Å².